The van der Waals surface area contributed by atoms with Crippen LogP contribution in [0.5, 0.6) is 0 Å². The molecule has 0 spiro atoms. The topological polar surface area (TPSA) is 231 Å². The van der Waals surface area contributed by atoms with Gasteiger partial charge in [-0.25, -0.2) is 0 Å². The Morgan fingerprint density at radius 2 is 0.786 bits per heavy atom. The normalized spacial score (nSPS) is 5.14. The molecule has 0 heterocycles. The van der Waals surface area contributed by atoms with E-state index in [0.717, 1.165) is 0 Å². The van der Waals surface area contributed by atoms with E-state index in [-0.39, 0.29) is 29.2 Å². The summed E-state index contributed by atoms with van der Waals surface area (Å²) in [5.41, 5.74) is 0. The fraction of sp³-hybridized carbons (Fsp3) is 0. The van der Waals surface area contributed by atoms with Crippen molar-refractivity contribution in [2.45, 2.75) is 0 Å². The first-order chi connectivity index (χ1) is 5.20. The molecule has 4 N–H and O–H groups in total. The van der Waals surface area contributed by atoms with Crippen molar-refractivity contribution in [2.24, 2.45) is 0 Å². The summed E-state index contributed by atoms with van der Waals surface area (Å²) >= 11 is 0. The first-order valence-corrected chi connectivity index (χ1v) is 1.66. The van der Waals surface area contributed by atoms with Gasteiger partial charge in [0.1, 0.15) is 0 Å². The molecule has 80 valence electrons. The third-order valence-electron chi connectivity index (χ3n) is 0. The van der Waals surface area contributed by atoms with Gasteiger partial charge in [0.2, 0.25) is 0 Å². The molecule has 0 rings (SSSR count). The minimum Gasteiger partial charge on any atom is -0.356 e. The molecule has 14 heteroatoms. The molecule has 0 aliphatic rings. The predicted octanol–water partition coefficient (Wildman–Crippen LogP) is -1.04. The van der Waals surface area contributed by atoms with Gasteiger partial charge >= 0.3 is 23.1 Å². The van der Waals surface area contributed by atoms with Crippen molar-refractivity contribution in [1.82, 2.24) is 6.15 Å². The number of hydrogen-bond acceptors (Lipinski definition) is 9. The van der Waals surface area contributed by atoms with Gasteiger partial charge in [-0.15, -0.1) is 10.1 Å². The Bertz CT molecular complexity index is 114. The monoisotopic (exact) mass is 228 g/mol. The summed E-state index contributed by atoms with van der Waals surface area (Å²) in [6.45, 7) is 0. The van der Waals surface area contributed by atoms with Crippen LogP contribution in [0, 0.1) is 40.8 Å². The van der Waals surface area contributed by atoms with E-state index >= 15 is 0 Å². The zero-order valence-corrected chi connectivity index (χ0v) is 7.88. The molecular weight excluding hydrogens is 224 g/mol. The second-order valence-corrected chi connectivity index (χ2v) is 0.685. The molecular formula is H4MgN4O9. The molecule has 0 aliphatic carbocycles. The minimum absolute atomic E-state index is 0. The number of nitrogens with zero attached hydrogens (tertiary/aromatic N) is 3. The molecule has 0 amide bonds. The van der Waals surface area contributed by atoms with Crippen molar-refractivity contribution in [3.05, 3.63) is 40.8 Å². The van der Waals surface area contributed by atoms with Gasteiger partial charge in [0.25, 0.3) is 5.09 Å². The maximum absolute atomic E-state index is 8.36. The summed E-state index contributed by atoms with van der Waals surface area (Å²) in [7, 11) is 0. The molecule has 0 saturated carbocycles. The van der Waals surface area contributed by atoms with E-state index < -0.39 is 15.3 Å². The first-order valence-electron chi connectivity index (χ1n) is 1.66. The van der Waals surface area contributed by atoms with Crippen LogP contribution in [0.2, 0.25) is 0 Å². The largest absolute Gasteiger partial charge is 2.00 e. The molecule has 0 aromatic rings. The van der Waals surface area contributed by atoms with Gasteiger partial charge in [-0.05, 0) is 0 Å². The quantitative estimate of drug-likeness (QED) is 0.290. The van der Waals surface area contributed by atoms with Crippen molar-refractivity contribution in [3.8, 4) is 0 Å². The predicted molar refractivity (Wildman–Crippen MR) is 40.3 cm³/mol. The van der Waals surface area contributed by atoms with Gasteiger partial charge in [0, 0.05) is 0 Å². The minimum atomic E-state index is -1.75. The third kappa shape index (κ3) is 321. The Hall–Kier alpha value is -1.67. The Kier molecular flexibility index (Phi) is 47.3. The van der Waals surface area contributed by atoms with Gasteiger partial charge in [-0.1, -0.05) is 0 Å². The first kappa shape index (κ1) is 29.5. The van der Waals surface area contributed by atoms with E-state index in [1.807, 2.05) is 0 Å². The van der Waals surface area contributed by atoms with E-state index in [9.17, 15) is 0 Å². The van der Waals surface area contributed by atoms with Crippen LogP contribution in [0.3, 0.4) is 0 Å². The van der Waals surface area contributed by atoms with Gasteiger partial charge in [-0.2, -0.15) is 0 Å². The Labute approximate surface area is 91.0 Å². The summed E-state index contributed by atoms with van der Waals surface area (Å²) in [4.78, 5) is 24.9. The van der Waals surface area contributed by atoms with Crippen LogP contribution in [-0.4, -0.2) is 43.5 Å². The van der Waals surface area contributed by atoms with Crippen LogP contribution >= 0.6 is 0 Å². The molecule has 0 saturated heterocycles. The third-order valence-corrected chi connectivity index (χ3v) is 0. The van der Waals surface area contributed by atoms with Gasteiger partial charge in [0.15, 0.2) is 0 Å². The van der Waals surface area contributed by atoms with E-state index in [1.54, 1.807) is 0 Å². The van der Waals surface area contributed by atoms with Crippen LogP contribution in [-0.2, 0) is 0 Å². The van der Waals surface area contributed by atoms with Crippen LogP contribution in [0.4, 0.5) is 0 Å². The number of hydrogen-bond donors (Lipinski definition) is 2. The average molecular weight is 228 g/mol. The maximum atomic E-state index is 8.36. The second-order valence-electron chi connectivity index (χ2n) is 0.685. The van der Waals surface area contributed by atoms with Crippen molar-refractivity contribution in [1.29, 1.82) is 0 Å². The molecule has 0 bridgehead atoms. The van der Waals surface area contributed by atoms with Crippen molar-refractivity contribution in [2.75, 3.05) is 0 Å². The van der Waals surface area contributed by atoms with E-state index in [0.29, 0.717) is 0 Å². The molecule has 0 atom stereocenters. The number of rotatable bonds is 0. The fourth-order valence-electron chi connectivity index (χ4n) is 0. The van der Waals surface area contributed by atoms with Crippen LogP contribution < -0.4 is 6.15 Å². The summed E-state index contributed by atoms with van der Waals surface area (Å²) in [5.74, 6) is 0. The fourth-order valence-corrected chi connectivity index (χ4v) is 0. The standard InChI is InChI=1S/Mg.HNO3.2NO3.H3N/c;3*2-1(3)4;/h;(H,2,3,4);;;1H3/q+2;;2*-1;. The van der Waals surface area contributed by atoms with Gasteiger partial charge in [0.05, 0.1) is 10.2 Å². The molecule has 13 nitrogen and oxygen atoms in total. The SMILES string of the molecule is N.O=[N+]([O-])O.O=[N+]([O-])[O-].O=[N+]([O-])[O-].[Mg+2]. The summed E-state index contributed by atoms with van der Waals surface area (Å²) in [6, 6.07) is 0. The molecule has 0 unspecified atom stereocenters. The maximum Gasteiger partial charge on any atom is 2.00 e. The summed E-state index contributed by atoms with van der Waals surface area (Å²) < 4.78 is 0. The second kappa shape index (κ2) is 22.5. The molecule has 0 aliphatic heterocycles. The van der Waals surface area contributed by atoms with Gasteiger partial charge in [-0.3, -0.25) is 0 Å². The molecule has 14 heavy (non-hydrogen) atoms. The molecule has 0 aromatic carbocycles. The van der Waals surface area contributed by atoms with Crippen LogP contribution in [0.25, 0.3) is 0 Å². The Balaban J connectivity index is -0.0000000270. The zero-order valence-electron chi connectivity index (χ0n) is 6.47. The summed E-state index contributed by atoms with van der Waals surface area (Å²) in [5, 5.41) is 43.1. The van der Waals surface area contributed by atoms with Crippen LogP contribution in [0.1, 0.15) is 0 Å². The molecule has 0 aromatic heterocycles. The molecule has 0 radical (unpaired) electrons. The van der Waals surface area contributed by atoms with Crippen LogP contribution in [0.15, 0.2) is 0 Å². The summed E-state index contributed by atoms with van der Waals surface area (Å²) in [6.07, 6.45) is 0. The van der Waals surface area contributed by atoms with Gasteiger partial charge < -0.3 is 42.0 Å². The van der Waals surface area contributed by atoms with Crippen molar-refractivity contribution >= 4 is 23.1 Å². The zero-order chi connectivity index (χ0) is 10.7. The van der Waals surface area contributed by atoms with Crippen molar-refractivity contribution in [3.63, 3.8) is 0 Å². The Morgan fingerprint density at radius 1 is 0.786 bits per heavy atom. The van der Waals surface area contributed by atoms with E-state index in [4.69, 9.17) is 46.0 Å². The molecule has 0 fully saturated rings. The van der Waals surface area contributed by atoms with E-state index in [2.05, 4.69) is 0 Å². The van der Waals surface area contributed by atoms with E-state index in [1.165, 1.54) is 0 Å². The average Bonchev–Trinajstić information content (AvgIpc) is 1.54. The van der Waals surface area contributed by atoms with Crippen molar-refractivity contribution < 1.29 is 20.5 Å². The Morgan fingerprint density at radius 3 is 0.786 bits per heavy atom. The smallest absolute Gasteiger partial charge is 0.356 e.